The lowest BCUT2D eigenvalue weighted by Gasteiger charge is -2.15. The Morgan fingerprint density at radius 3 is 2.48 bits per heavy atom. The van der Waals surface area contributed by atoms with Crippen LogP contribution < -0.4 is 10.9 Å². The number of benzene rings is 2. The maximum Gasteiger partial charge on any atom is 0.248 e. The molecule has 134 valence electrons. The van der Waals surface area contributed by atoms with Crippen LogP contribution in [-0.4, -0.2) is 20.3 Å². The average molecular weight is 379 g/mol. The second-order valence-corrected chi connectivity index (χ2v) is 6.44. The van der Waals surface area contributed by atoms with Crippen LogP contribution in [0.4, 0.5) is 11.5 Å². The summed E-state index contributed by atoms with van der Waals surface area (Å²) in [5, 5.41) is 24.6. The molecule has 2 aromatic heterocycles. The maximum atomic E-state index is 11.5. The molecule has 0 bridgehead atoms. The maximum absolute atomic E-state index is 11.5. The van der Waals surface area contributed by atoms with Crippen molar-refractivity contribution in [2.24, 2.45) is 0 Å². The Morgan fingerprint density at radius 1 is 1.00 bits per heavy atom. The van der Waals surface area contributed by atoms with Gasteiger partial charge in [-0.25, -0.2) is 0 Å². The minimum Gasteiger partial charge on any atom is -0.382 e. The Bertz CT molecular complexity index is 1160. The van der Waals surface area contributed by atoms with E-state index in [0.29, 0.717) is 22.1 Å². The van der Waals surface area contributed by atoms with Crippen molar-refractivity contribution in [3.63, 3.8) is 0 Å². The predicted molar refractivity (Wildman–Crippen MR) is 105 cm³/mol. The molecule has 1 atom stereocenters. The number of pyridine rings is 1. The topological polar surface area (TPSA) is 90.9 Å². The van der Waals surface area contributed by atoms with Gasteiger partial charge in [-0.05, 0) is 35.9 Å². The second kappa shape index (κ2) is 7.19. The summed E-state index contributed by atoms with van der Waals surface area (Å²) in [4.78, 5) is 14.1. The van der Waals surface area contributed by atoms with Crippen molar-refractivity contribution in [1.82, 2.24) is 15.2 Å². The molecule has 4 aromatic rings. The summed E-state index contributed by atoms with van der Waals surface area (Å²) in [6.07, 6.45) is 0.432. The number of nitrogens with one attached hydrogen (secondary N) is 2. The van der Waals surface area contributed by atoms with Crippen molar-refractivity contribution in [1.29, 1.82) is 0 Å². The number of hydrogen-bond donors (Lipinski definition) is 3. The van der Waals surface area contributed by atoms with Crippen LogP contribution in [0.2, 0.25) is 5.02 Å². The minimum atomic E-state index is -1.06. The number of nitrogens with zero attached hydrogens (tertiary/aromatic N) is 2. The van der Waals surface area contributed by atoms with Crippen molar-refractivity contribution in [3.8, 4) is 0 Å². The first-order chi connectivity index (χ1) is 13.1. The van der Waals surface area contributed by atoms with E-state index >= 15 is 0 Å². The van der Waals surface area contributed by atoms with Crippen LogP contribution in [0.5, 0.6) is 0 Å². The zero-order chi connectivity index (χ0) is 18.8. The number of aliphatic hydroxyl groups excluding tert-OH is 1. The summed E-state index contributed by atoms with van der Waals surface area (Å²) in [6.45, 7) is 0. The van der Waals surface area contributed by atoms with Gasteiger partial charge in [0.25, 0.3) is 0 Å². The fourth-order valence-corrected chi connectivity index (χ4v) is 3.00. The van der Waals surface area contributed by atoms with Crippen LogP contribution in [0, 0.1) is 0 Å². The average Bonchev–Trinajstić information content (AvgIpc) is 2.69. The SMILES string of the molecule is O=c1cc(C(O)c2nnc(Nc3ccc(Cl)cc3)c3ccccc23)cc[nH]1. The number of halogens is 1. The van der Waals surface area contributed by atoms with Crippen LogP contribution in [0.1, 0.15) is 17.4 Å². The third-order valence-electron chi connectivity index (χ3n) is 4.20. The standard InChI is InChI=1S/C20H15ClN4O2/c21-13-5-7-14(8-6-13)23-20-16-4-2-1-3-15(16)18(24-25-20)19(27)12-9-10-22-17(26)11-12/h1-11,19,27H,(H,22,26)(H,23,25). The summed E-state index contributed by atoms with van der Waals surface area (Å²) in [5.41, 5.74) is 1.38. The van der Waals surface area contributed by atoms with Gasteiger partial charge in [-0.1, -0.05) is 35.9 Å². The molecule has 0 aliphatic carbocycles. The Balaban J connectivity index is 1.78. The molecule has 1 unspecified atom stereocenters. The Kier molecular flexibility index (Phi) is 4.58. The molecule has 3 N–H and O–H groups in total. The molecule has 7 heteroatoms. The van der Waals surface area contributed by atoms with Crippen molar-refractivity contribution in [3.05, 3.63) is 93.5 Å². The van der Waals surface area contributed by atoms with Gasteiger partial charge in [-0.3, -0.25) is 4.79 Å². The number of rotatable bonds is 4. The van der Waals surface area contributed by atoms with Gasteiger partial charge in [0.15, 0.2) is 5.82 Å². The largest absolute Gasteiger partial charge is 0.382 e. The molecule has 0 saturated carbocycles. The van der Waals surface area contributed by atoms with E-state index < -0.39 is 6.10 Å². The summed E-state index contributed by atoms with van der Waals surface area (Å²) in [5.74, 6) is 0.565. The molecule has 0 aliphatic heterocycles. The van der Waals surface area contributed by atoms with Gasteiger partial charge in [-0.15, -0.1) is 10.2 Å². The van der Waals surface area contributed by atoms with Crippen molar-refractivity contribution in [2.45, 2.75) is 6.10 Å². The fourth-order valence-electron chi connectivity index (χ4n) is 2.88. The zero-order valence-corrected chi connectivity index (χ0v) is 14.8. The van der Waals surface area contributed by atoms with E-state index in [2.05, 4.69) is 20.5 Å². The fraction of sp³-hybridized carbons (Fsp3) is 0.0500. The van der Waals surface area contributed by atoms with E-state index in [9.17, 15) is 9.90 Å². The molecule has 27 heavy (non-hydrogen) atoms. The highest BCUT2D eigenvalue weighted by Gasteiger charge is 2.18. The van der Waals surface area contributed by atoms with Gasteiger partial charge < -0.3 is 15.4 Å². The third-order valence-corrected chi connectivity index (χ3v) is 4.45. The van der Waals surface area contributed by atoms with E-state index in [1.807, 2.05) is 36.4 Å². The quantitative estimate of drug-likeness (QED) is 0.502. The van der Waals surface area contributed by atoms with Gasteiger partial charge in [0.05, 0.1) is 0 Å². The Hall–Kier alpha value is -3.22. The van der Waals surface area contributed by atoms with E-state index in [-0.39, 0.29) is 5.56 Å². The first-order valence-electron chi connectivity index (χ1n) is 8.26. The van der Waals surface area contributed by atoms with Gasteiger partial charge in [0.2, 0.25) is 5.56 Å². The summed E-state index contributed by atoms with van der Waals surface area (Å²) in [7, 11) is 0. The predicted octanol–water partition coefficient (Wildman–Crippen LogP) is 3.80. The number of aromatic nitrogens is 3. The Labute approximate surface area is 159 Å². The number of anilines is 2. The second-order valence-electron chi connectivity index (χ2n) is 6.00. The highest BCUT2D eigenvalue weighted by atomic mass is 35.5. The third kappa shape index (κ3) is 3.53. The summed E-state index contributed by atoms with van der Waals surface area (Å²) >= 11 is 5.93. The first kappa shape index (κ1) is 17.2. The van der Waals surface area contributed by atoms with E-state index in [1.165, 1.54) is 12.3 Å². The lowest BCUT2D eigenvalue weighted by molar-refractivity contribution is 0.215. The molecular weight excluding hydrogens is 364 g/mol. The molecule has 0 fully saturated rings. The lowest BCUT2D eigenvalue weighted by atomic mass is 10.0. The normalized spacial score (nSPS) is 12.1. The van der Waals surface area contributed by atoms with Gasteiger partial charge >= 0.3 is 0 Å². The smallest absolute Gasteiger partial charge is 0.248 e. The van der Waals surface area contributed by atoms with E-state index in [1.54, 1.807) is 18.2 Å². The van der Waals surface area contributed by atoms with Crippen molar-refractivity contribution < 1.29 is 5.11 Å². The zero-order valence-electron chi connectivity index (χ0n) is 14.1. The molecular formula is C20H15ClN4O2. The molecule has 0 spiro atoms. The van der Waals surface area contributed by atoms with Crippen LogP contribution in [0.15, 0.2) is 71.7 Å². The highest BCUT2D eigenvalue weighted by Crippen LogP contribution is 2.30. The monoisotopic (exact) mass is 378 g/mol. The van der Waals surface area contributed by atoms with Crippen LogP contribution in [0.3, 0.4) is 0 Å². The Morgan fingerprint density at radius 2 is 1.74 bits per heavy atom. The summed E-state index contributed by atoms with van der Waals surface area (Å²) in [6, 6.07) is 17.8. The number of H-pyrrole nitrogens is 1. The number of aromatic amines is 1. The molecule has 0 aliphatic rings. The number of fused-ring (bicyclic) bond motifs is 1. The first-order valence-corrected chi connectivity index (χ1v) is 8.64. The molecule has 0 radical (unpaired) electrons. The summed E-state index contributed by atoms with van der Waals surface area (Å²) < 4.78 is 0. The molecule has 4 rings (SSSR count). The minimum absolute atomic E-state index is 0.287. The van der Waals surface area contributed by atoms with Crippen LogP contribution >= 0.6 is 11.6 Å². The number of hydrogen-bond acceptors (Lipinski definition) is 5. The van der Waals surface area contributed by atoms with E-state index in [0.717, 1.165) is 16.5 Å². The van der Waals surface area contributed by atoms with E-state index in [4.69, 9.17) is 11.6 Å². The van der Waals surface area contributed by atoms with Crippen molar-refractivity contribution >= 4 is 33.9 Å². The number of aliphatic hydroxyl groups is 1. The van der Waals surface area contributed by atoms with Gasteiger partial charge in [0.1, 0.15) is 11.8 Å². The molecule has 0 amide bonds. The van der Waals surface area contributed by atoms with Gasteiger partial charge in [0, 0.05) is 33.7 Å². The molecule has 6 nitrogen and oxygen atoms in total. The molecule has 2 aromatic carbocycles. The van der Waals surface area contributed by atoms with Crippen LogP contribution in [0.25, 0.3) is 10.8 Å². The van der Waals surface area contributed by atoms with Crippen molar-refractivity contribution in [2.75, 3.05) is 5.32 Å². The molecule has 2 heterocycles. The van der Waals surface area contributed by atoms with Gasteiger partial charge in [-0.2, -0.15) is 0 Å². The lowest BCUT2D eigenvalue weighted by Crippen LogP contribution is -2.11. The molecule has 0 saturated heterocycles. The van der Waals surface area contributed by atoms with Crippen LogP contribution in [-0.2, 0) is 0 Å². The highest BCUT2D eigenvalue weighted by molar-refractivity contribution is 6.30.